The topological polar surface area (TPSA) is 177 Å². The number of benzene rings is 2. The first-order valence-corrected chi connectivity index (χ1v) is 10.0. The van der Waals surface area contributed by atoms with Gasteiger partial charge >= 0.3 is 0 Å². The minimum Gasteiger partial charge on any atom is -0.317 e. The molecule has 0 unspecified atom stereocenters. The molecule has 2 aromatic carbocycles. The molecule has 2 aliphatic carbocycles. The monoisotopic (exact) mass is 455 g/mol. The van der Waals surface area contributed by atoms with Crippen molar-refractivity contribution in [1.82, 2.24) is 19.9 Å². The molecule has 2 aromatic heterocycles. The number of fused-ring (bicyclic) bond motifs is 6. The van der Waals surface area contributed by atoms with Crippen molar-refractivity contribution in [2.75, 3.05) is 0 Å². The molecule has 2 heterocycles. The van der Waals surface area contributed by atoms with Crippen LogP contribution >= 0.6 is 0 Å². The number of nitriles is 3. The van der Waals surface area contributed by atoms with Gasteiger partial charge in [-0.15, -0.1) is 0 Å². The van der Waals surface area contributed by atoms with Gasteiger partial charge in [-0.1, -0.05) is 48.5 Å². The van der Waals surface area contributed by atoms with E-state index in [0.717, 1.165) is 0 Å². The van der Waals surface area contributed by atoms with Crippen LogP contribution in [0.15, 0.2) is 53.3 Å². The average molecular weight is 455 g/mol. The van der Waals surface area contributed by atoms with Gasteiger partial charge in [-0.25, -0.2) is 15.0 Å². The van der Waals surface area contributed by atoms with E-state index in [0.29, 0.717) is 33.6 Å². The molecule has 2 aliphatic rings. The first-order chi connectivity index (χ1) is 17.0. The lowest BCUT2D eigenvalue weighted by Gasteiger charge is -1.99. The molecule has 0 aliphatic heterocycles. The quantitative estimate of drug-likeness (QED) is 0.360. The Balaban J connectivity index is 0.000000145. The standard InChI is InChI=1S/C13H4N4O.C12H5N3O2/c14-5-9-10(6-15)17-12-11(16-9)7-3-1-2-4-8(7)13(12)18;13-5-8-12(17)15-9-6-3-1-2-4-7(6)11(16)10(9)14-8/h1-4H;1-4H,(H,15,17). The van der Waals surface area contributed by atoms with E-state index in [1.165, 1.54) is 0 Å². The molecule has 0 radical (unpaired) electrons. The van der Waals surface area contributed by atoms with E-state index in [4.69, 9.17) is 15.8 Å². The summed E-state index contributed by atoms with van der Waals surface area (Å²) < 4.78 is 0. The summed E-state index contributed by atoms with van der Waals surface area (Å²) in [5.41, 5.74) is 2.36. The second-order valence-electron chi connectivity index (χ2n) is 7.34. The van der Waals surface area contributed by atoms with E-state index in [1.807, 2.05) is 6.07 Å². The SMILES string of the molecule is N#Cc1nc2c([nH]c1=O)-c1ccccc1C2=O.N#Cc1nc2c(nc1C#N)-c1ccccc1C2=O. The van der Waals surface area contributed by atoms with Crippen molar-refractivity contribution in [3.63, 3.8) is 0 Å². The van der Waals surface area contributed by atoms with Crippen LogP contribution in [-0.4, -0.2) is 31.5 Å². The predicted molar refractivity (Wildman–Crippen MR) is 119 cm³/mol. The summed E-state index contributed by atoms with van der Waals surface area (Å²) >= 11 is 0. The Labute approximate surface area is 196 Å². The third-order valence-electron chi connectivity index (χ3n) is 5.43. The number of aromatic nitrogens is 4. The minimum absolute atomic E-state index is 0.0549. The van der Waals surface area contributed by atoms with E-state index in [-0.39, 0.29) is 40.0 Å². The van der Waals surface area contributed by atoms with Crippen LogP contribution in [0.4, 0.5) is 0 Å². The third kappa shape index (κ3) is 3.17. The Morgan fingerprint density at radius 1 is 0.571 bits per heavy atom. The van der Waals surface area contributed by atoms with E-state index in [1.54, 1.807) is 60.7 Å². The highest BCUT2D eigenvalue weighted by Gasteiger charge is 2.31. The number of hydrogen-bond donors (Lipinski definition) is 1. The summed E-state index contributed by atoms with van der Waals surface area (Å²) in [4.78, 5) is 49.9. The Kier molecular flexibility index (Phi) is 4.80. The van der Waals surface area contributed by atoms with Gasteiger partial charge in [0.25, 0.3) is 5.56 Å². The Bertz CT molecular complexity index is 1800. The molecule has 0 saturated heterocycles. The Morgan fingerprint density at radius 3 is 1.63 bits per heavy atom. The average Bonchev–Trinajstić information content (AvgIpc) is 3.33. The second kappa shape index (κ2) is 7.96. The van der Waals surface area contributed by atoms with Crippen molar-refractivity contribution in [2.24, 2.45) is 0 Å². The maximum absolute atomic E-state index is 12.1. The molecule has 35 heavy (non-hydrogen) atoms. The zero-order valence-corrected chi connectivity index (χ0v) is 17.5. The van der Waals surface area contributed by atoms with Gasteiger partial charge in [0.2, 0.25) is 17.3 Å². The molecule has 4 aromatic rings. The summed E-state index contributed by atoms with van der Waals surface area (Å²) in [6, 6.07) is 19.1. The van der Waals surface area contributed by atoms with Gasteiger partial charge in [0, 0.05) is 22.3 Å². The summed E-state index contributed by atoms with van der Waals surface area (Å²) in [6.45, 7) is 0. The number of carbonyl (C=O) groups is 2. The number of nitrogens with one attached hydrogen (secondary N) is 1. The number of carbonyl (C=O) groups excluding carboxylic acids is 2. The summed E-state index contributed by atoms with van der Waals surface area (Å²) in [5.74, 6) is -0.516. The number of aromatic amines is 1. The highest BCUT2D eigenvalue weighted by Crippen LogP contribution is 2.34. The molecule has 6 rings (SSSR count). The summed E-state index contributed by atoms with van der Waals surface area (Å²) in [5, 5.41) is 26.5. The van der Waals surface area contributed by atoms with Crippen molar-refractivity contribution in [1.29, 1.82) is 15.8 Å². The Hall–Kier alpha value is -5.79. The highest BCUT2D eigenvalue weighted by molar-refractivity contribution is 6.20. The van der Waals surface area contributed by atoms with Crippen molar-refractivity contribution in [3.8, 4) is 40.7 Å². The van der Waals surface area contributed by atoms with Crippen LogP contribution in [-0.2, 0) is 0 Å². The van der Waals surface area contributed by atoms with Crippen molar-refractivity contribution < 1.29 is 9.59 Å². The largest absolute Gasteiger partial charge is 0.317 e. The first-order valence-electron chi connectivity index (χ1n) is 10.0. The van der Waals surface area contributed by atoms with Crippen molar-refractivity contribution >= 4 is 11.6 Å². The first kappa shape index (κ1) is 21.1. The summed E-state index contributed by atoms with van der Waals surface area (Å²) in [7, 11) is 0. The minimum atomic E-state index is -0.573. The lowest BCUT2D eigenvalue weighted by molar-refractivity contribution is 0.103. The fraction of sp³-hybridized carbons (Fsp3) is 0. The fourth-order valence-corrected chi connectivity index (χ4v) is 3.86. The zero-order chi connectivity index (χ0) is 24.7. The fourth-order valence-electron chi connectivity index (χ4n) is 3.86. The number of ketones is 2. The number of H-pyrrole nitrogens is 1. The van der Waals surface area contributed by atoms with Crippen molar-refractivity contribution in [2.45, 2.75) is 0 Å². The smallest absolute Gasteiger partial charge is 0.285 e. The molecule has 1 N–H and O–H groups in total. The van der Waals surface area contributed by atoms with Crippen LogP contribution in [0.2, 0.25) is 0 Å². The van der Waals surface area contributed by atoms with Gasteiger partial charge < -0.3 is 4.98 Å². The third-order valence-corrected chi connectivity index (χ3v) is 5.43. The number of nitrogens with zero attached hydrogens (tertiary/aromatic N) is 6. The molecule has 0 amide bonds. The molecular formula is C25H9N7O3. The second-order valence-corrected chi connectivity index (χ2v) is 7.34. The van der Waals surface area contributed by atoms with Gasteiger partial charge in [0.1, 0.15) is 35.3 Å². The maximum atomic E-state index is 12.1. The van der Waals surface area contributed by atoms with Crippen LogP contribution in [0.5, 0.6) is 0 Å². The van der Waals surface area contributed by atoms with Gasteiger partial charge in [-0.05, 0) is 0 Å². The van der Waals surface area contributed by atoms with Gasteiger partial charge in [0.15, 0.2) is 11.4 Å². The molecule has 0 spiro atoms. The Morgan fingerprint density at radius 2 is 1.03 bits per heavy atom. The van der Waals surface area contributed by atoms with Crippen LogP contribution in [0.1, 0.15) is 49.2 Å². The molecular weight excluding hydrogens is 446 g/mol. The van der Waals surface area contributed by atoms with E-state index < -0.39 is 5.56 Å². The number of hydrogen-bond acceptors (Lipinski definition) is 9. The summed E-state index contributed by atoms with van der Waals surface area (Å²) in [6.07, 6.45) is 0. The van der Waals surface area contributed by atoms with Crippen LogP contribution in [0.25, 0.3) is 22.5 Å². The number of rotatable bonds is 0. The lowest BCUT2D eigenvalue weighted by Crippen LogP contribution is -2.15. The van der Waals surface area contributed by atoms with E-state index in [9.17, 15) is 14.4 Å². The normalized spacial score (nSPS) is 11.6. The molecule has 10 heteroatoms. The van der Waals surface area contributed by atoms with Crippen LogP contribution in [0, 0.1) is 34.0 Å². The van der Waals surface area contributed by atoms with Gasteiger partial charge in [-0.3, -0.25) is 14.4 Å². The highest BCUT2D eigenvalue weighted by atomic mass is 16.1. The maximum Gasteiger partial charge on any atom is 0.285 e. The molecule has 0 saturated carbocycles. The zero-order valence-electron chi connectivity index (χ0n) is 17.5. The molecule has 0 bridgehead atoms. The molecule has 0 fully saturated rings. The van der Waals surface area contributed by atoms with E-state index in [2.05, 4.69) is 19.9 Å². The van der Waals surface area contributed by atoms with Crippen LogP contribution in [0.3, 0.4) is 0 Å². The molecule has 162 valence electrons. The van der Waals surface area contributed by atoms with Crippen LogP contribution < -0.4 is 5.56 Å². The van der Waals surface area contributed by atoms with Gasteiger partial charge in [-0.2, -0.15) is 15.8 Å². The lowest BCUT2D eigenvalue weighted by atomic mass is 10.1. The van der Waals surface area contributed by atoms with E-state index >= 15 is 0 Å². The predicted octanol–water partition coefficient (Wildman–Crippen LogP) is 2.28. The van der Waals surface area contributed by atoms with Gasteiger partial charge in [0.05, 0.1) is 5.69 Å². The van der Waals surface area contributed by atoms with Crippen molar-refractivity contribution in [3.05, 3.63) is 98.5 Å². The molecule has 10 nitrogen and oxygen atoms in total. The molecule has 0 atom stereocenters.